The highest BCUT2D eigenvalue weighted by Crippen LogP contribution is 2.21. The third-order valence-corrected chi connectivity index (χ3v) is 3.36. The zero-order valence-electron chi connectivity index (χ0n) is 11.1. The van der Waals surface area contributed by atoms with Crippen molar-refractivity contribution < 1.29 is 13.6 Å². The van der Waals surface area contributed by atoms with Gasteiger partial charge < -0.3 is 0 Å². The van der Waals surface area contributed by atoms with E-state index in [1.54, 1.807) is 0 Å². The number of carbonyl (C=O) groups is 1. The first-order valence-corrected chi connectivity index (χ1v) is 7.11. The maximum atomic E-state index is 13.5. The van der Waals surface area contributed by atoms with Gasteiger partial charge in [-0.05, 0) is 18.6 Å². The number of hydrogen-bond acceptors (Lipinski definition) is 1. The van der Waals surface area contributed by atoms with E-state index in [-0.39, 0.29) is 22.8 Å². The number of carbonyl (C=O) groups excluding carboxylic acids is 1. The molecule has 0 unspecified atom stereocenters. The van der Waals surface area contributed by atoms with Gasteiger partial charge in [-0.3, -0.25) is 4.79 Å². The van der Waals surface area contributed by atoms with Crippen molar-refractivity contribution in [1.29, 1.82) is 0 Å². The van der Waals surface area contributed by atoms with Crippen LogP contribution in [0.4, 0.5) is 8.78 Å². The summed E-state index contributed by atoms with van der Waals surface area (Å²) in [5.41, 5.74) is -0.199. The highest BCUT2D eigenvalue weighted by molar-refractivity contribution is 6.30. The normalized spacial score (nSPS) is 10.7. The molecule has 0 aliphatic carbocycles. The predicted molar refractivity (Wildman–Crippen MR) is 73.7 cm³/mol. The van der Waals surface area contributed by atoms with Crippen molar-refractivity contribution in [1.82, 2.24) is 0 Å². The second kappa shape index (κ2) is 8.26. The second-order valence-electron chi connectivity index (χ2n) is 4.69. The number of rotatable bonds is 8. The van der Waals surface area contributed by atoms with Crippen molar-refractivity contribution in [3.63, 3.8) is 0 Å². The van der Waals surface area contributed by atoms with Gasteiger partial charge in [0.25, 0.3) is 0 Å². The van der Waals surface area contributed by atoms with Crippen molar-refractivity contribution in [2.24, 2.45) is 0 Å². The first-order valence-electron chi connectivity index (χ1n) is 6.74. The van der Waals surface area contributed by atoms with Gasteiger partial charge >= 0.3 is 0 Å². The average Bonchev–Trinajstić information content (AvgIpc) is 2.37. The molecular formula is C15H19ClF2O. The van der Waals surface area contributed by atoms with E-state index in [0.717, 1.165) is 31.4 Å². The van der Waals surface area contributed by atoms with E-state index >= 15 is 0 Å². The maximum Gasteiger partial charge on any atom is 0.165 e. The van der Waals surface area contributed by atoms with Crippen molar-refractivity contribution in [2.75, 3.05) is 0 Å². The van der Waals surface area contributed by atoms with Crippen LogP contribution in [0.3, 0.4) is 0 Å². The molecule has 0 bridgehead atoms. The third-order valence-electron chi connectivity index (χ3n) is 3.07. The molecule has 1 aromatic carbocycles. The SMILES string of the molecule is CCCCCCCCC(=O)c1cc(F)c(Cl)cc1F. The summed E-state index contributed by atoms with van der Waals surface area (Å²) in [4.78, 5) is 11.8. The molecule has 1 nitrogen and oxygen atoms in total. The number of ketones is 1. The van der Waals surface area contributed by atoms with Gasteiger partial charge in [-0.25, -0.2) is 8.78 Å². The molecule has 1 rings (SSSR count). The molecule has 0 spiro atoms. The maximum absolute atomic E-state index is 13.5. The monoisotopic (exact) mass is 288 g/mol. The molecule has 4 heteroatoms. The van der Waals surface area contributed by atoms with Crippen LogP contribution in [0.25, 0.3) is 0 Å². The van der Waals surface area contributed by atoms with Crippen LogP contribution < -0.4 is 0 Å². The molecule has 19 heavy (non-hydrogen) atoms. The van der Waals surface area contributed by atoms with Crippen molar-refractivity contribution in [3.05, 3.63) is 34.4 Å². The number of hydrogen-bond donors (Lipinski definition) is 0. The molecule has 0 aliphatic rings. The number of halogens is 3. The lowest BCUT2D eigenvalue weighted by atomic mass is 10.0. The van der Waals surface area contributed by atoms with Crippen LogP contribution in [0.5, 0.6) is 0 Å². The first-order chi connectivity index (χ1) is 9.06. The molecule has 0 atom stereocenters. The molecule has 0 fully saturated rings. The van der Waals surface area contributed by atoms with Crippen LogP contribution in [0.2, 0.25) is 5.02 Å². The summed E-state index contributed by atoms with van der Waals surface area (Å²) >= 11 is 5.44. The summed E-state index contributed by atoms with van der Waals surface area (Å²) < 4.78 is 26.7. The lowest BCUT2D eigenvalue weighted by molar-refractivity contribution is 0.0974. The summed E-state index contributed by atoms with van der Waals surface area (Å²) in [7, 11) is 0. The molecule has 0 heterocycles. The molecule has 0 saturated heterocycles. The Bertz CT molecular complexity index is 432. The summed E-state index contributed by atoms with van der Waals surface area (Å²) in [5.74, 6) is -1.86. The number of unbranched alkanes of at least 4 members (excludes halogenated alkanes) is 5. The molecule has 0 saturated carbocycles. The first kappa shape index (κ1) is 16.1. The molecule has 0 aliphatic heterocycles. The van der Waals surface area contributed by atoms with Crippen LogP contribution in [0.1, 0.15) is 62.2 Å². The summed E-state index contributed by atoms with van der Waals surface area (Å²) in [6, 6.07) is 1.74. The van der Waals surface area contributed by atoms with Gasteiger partial charge in [-0.2, -0.15) is 0 Å². The van der Waals surface area contributed by atoms with Crippen molar-refractivity contribution >= 4 is 17.4 Å². The summed E-state index contributed by atoms with van der Waals surface area (Å²) in [6.45, 7) is 2.14. The fourth-order valence-electron chi connectivity index (χ4n) is 1.94. The highest BCUT2D eigenvalue weighted by Gasteiger charge is 2.14. The lowest BCUT2D eigenvalue weighted by Gasteiger charge is -2.04. The fraction of sp³-hybridized carbons (Fsp3) is 0.533. The van der Waals surface area contributed by atoms with E-state index < -0.39 is 11.6 Å². The Morgan fingerprint density at radius 1 is 1.05 bits per heavy atom. The smallest absolute Gasteiger partial charge is 0.165 e. The van der Waals surface area contributed by atoms with Crippen LogP contribution in [0.15, 0.2) is 12.1 Å². The van der Waals surface area contributed by atoms with E-state index in [9.17, 15) is 13.6 Å². The van der Waals surface area contributed by atoms with Crippen LogP contribution in [-0.2, 0) is 0 Å². The summed E-state index contributed by atoms with van der Waals surface area (Å²) in [5, 5.41) is -0.298. The number of benzene rings is 1. The minimum Gasteiger partial charge on any atom is -0.294 e. The van der Waals surface area contributed by atoms with E-state index in [1.807, 2.05) is 0 Å². The van der Waals surface area contributed by atoms with Crippen molar-refractivity contribution in [3.8, 4) is 0 Å². The van der Waals surface area contributed by atoms with Crippen molar-refractivity contribution in [2.45, 2.75) is 51.9 Å². The molecule has 0 N–H and O–H groups in total. The zero-order valence-corrected chi connectivity index (χ0v) is 11.9. The molecule has 0 amide bonds. The topological polar surface area (TPSA) is 17.1 Å². The second-order valence-corrected chi connectivity index (χ2v) is 5.09. The molecule has 106 valence electrons. The largest absolute Gasteiger partial charge is 0.294 e. The Morgan fingerprint density at radius 3 is 2.37 bits per heavy atom. The molecule has 0 aromatic heterocycles. The van der Waals surface area contributed by atoms with Crippen LogP contribution in [0, 0.1) is 11.6 Å². The third kappa shape index (κ3) is 5.27. The van der Waals surface area contributed by atoms with Gasteiger partial charge in [-0.1, -0.05) is 50.6 Å². The molecular weight excluding hydrogens is 270 g/mol. The van der Waals surface area contributed by atoms with Gasteiger partial charge in [0, 0.05) is 6.42 Å². The minimum absolute atomic E-state index is 0.199. The van der Waals surface area contributed by atoms with E-state index in [0.29, 0.717) is 6.42 Å². The quantitative estimate of drug-likeness (QED) is 0.348. The van der Waals surface area contributed by atoms with Crippen LogP contribution in [-0.4, -0.2) is 5.78 Å². The standard InChI is InChI=1S/C15H19ClF2O/c1-2-3-4-5-6-7-8-15(19)11-9-14(18)12(16)10-13(11)17/h9-10H,2-8H2,1H3. The Balaban J connectivity index is 2.43. The van der Waals surface area contributed by atoms with Crippen LogP contribution >= 0.6 is 11.6 Å². The Kier molecular flexibility index (Phi) is 7.00. The van der Waals surface area contributed by atoms with E-state index in [4.69, 9.17) is 11.6 Å². The molecule has 1 aromatic rings. The Labute approximate surface area is 118 Å². The molecule has 0 radical (unpaired) electrons. The zero-order chi connectivity index (χ0) is 14.3. The average molecular weight is 289 g/mol. The Hall–Kier alpha value is -0.960. The fourth-order valence-corrected chi connectivity index (χ4v) is 2.09. The summed E-state index contributed by atoms with van der Waals surface area (Å²) in [6.07, 6.45) is 6.53. The predicted octanol–water partition coefficient (Wildman–Crippen LogP) is 5.55. The van der Waals surface area contributed by atoms with Gasteiger partial charge in [0.15, 0.2) is 5.78 Å². The van der Waals surface area contributed by atoms with Gasteiger partial charge in [-0.15, -0.1) is 0 Å². The lowest BCUT2D eigenvalue weighted by Crippen LogP contribution is -2.03. The Morgan fingerprint density at radius 2 is 1.68 bits per heavy atom. The van der Waals surface area contributed by atoms with Gasteiger partial charge in [0.1, 0.15) is 11.6 Å². The minimum atomic E-state index is -0.755. The van der Waals surface area contributed by atoms with Gasteiger partial charge in [0.05, 0.1) is 10.6 Å². The van der Waals surface area contributed by atoms with E-state index in [1.165, 1.54) is 12.8 Å². The van der Waals surface area contributed by atoms with Gasteiger partial charge in [0.2, 0.25) is 0 Å². The van der Waals surface area contributed by atoms with E-state index in [2.05, 4.69) is 6.92 Å². The highest BCUT2D eigenvalue weighted by atomic mass is 35.5. The number of Topliss-reactive ketones (excluding diaryl/α,β-unsaturated/α-hetero) is 1.